The van der Waals surface area contributed by atoms with Crippen molar-refractivity contribution < 1.29 is 14.3 Å². The molecule has 0 bridgehead atoms. The molecule has 4 nitrogen and oxygen atoms in total. The lowest BCUT2D eigenvalue weighted by molar-refractivity contribution is -0.153. The third-order valence-electron chi connectivity index (χ3n) is 3.79. The molecule has 1 heterocycles. The molecular weight excluding hydrogens is 266 g/mol. The average Bonchev–Trinajstić information content (AvgIpc) is 2.98. The van der Waals surface area contributed by atoms with E-state index in [0.717, 1.165) is 24.8 Å². The third-order valence-corrected chi connectivity index (χ3v) is 3.79. The highest BCUT2D eigenvalue weighted by Crippen LogP contribution is 2.20. The fourth-order valence-corrected chi connectivity index (χ4v) is 2.68. The Kier molecular flexibility index (Phi) is 5.78. The predicted octanol–water partition coefficient (Wildman–Crippen LogP) is 2.56. The first-order chi connectivity index (χ1) is 10.2. The zero-order valence-corrected chi connectivity index (χ0v) is 12.6. The summed E-state index contributed by atoms with van der Waals surface area (Å²) in [4.78, 5) is 25.8. The summed E-state index contributed by atoms with van der Waals surface area (Å²) in [6.07, 6.45) is 3.63. The third kappa shape index (κ3) is 4.31. The number of rotatable bonds is 6. The van der Waals surface area contributed by atoms with Gasteiger partial charge in [-0.1, -0.05) is 37.3 Å². The number of ether oxygens (including phenoxy) is 1. The van der Waals surface area contributed by atoms with Crippen molar-refractivity contribution in [2.24, 2.45) is 0 Å². The van der Waals surface area contributed by atoms with Crippen molar-refractivity contribution >= 4 is 11.9 Å². The van der Waals surface area contributed by atoms with E-state index in [1.807, 2.05) is 37.3 Å². The maximum atomic E-state index is 12.1. The number of carbonyl (C=O) groups is 2. The number of carbonyl (C=O) groups excluding carboxylic acids is 2. The van der Waals surface area contributed by atoms with Gasteiger partial charge in [0, 0.05) is 19.4 Å². The molecule has 0 N–H and O–H groups in total. The van der Waals surface area contributed by atoms with E-state index < -0.39 is 0 Å². The van der Waals surface area contributed by atoms with Gasteiger partial charge in [0.2, 0.25) is 5.91 Å². The van der Waals surface area contributed by atoms with Crippen molar-refractivity contribution in [1.29, 1.82) is 0 Å². The van der Waals surface area contributed by atoms with E-state index >= 15 is 0 Å². The van der Waals surface area contributed by atoms with Crippen LogP contribution in [0.25, 0.3) is 0 Å². The molecule has 0 aliphatic carbocycles. The number of likely N-dealkylation sites (tertiary alicyclic amines) is 1. The summed E-state index contributed by atoms with van der Waals surface area (Å²) in [5, 5.41) is 0. The minimum Gasteiger partial charge on any atom is -0.464 e. The lowest BCUT2D eigenvalue weighted by atomic mass is 10.2. The highest BCUT2D eigenvalue weighted by molar-refractivity contribution is 5.85. The van der Waals surface area contributed by atoms with Gasteiger partial charge in [-0.05, 0) is 24.8 Å². The molecule has 21 heavy (non-hydrogen) atoms. The van der Waals surface area contributed by atoms with Crippen LogP contribution in [0.4, 0.5) is 0 Å². The molecule has 1 aliphatic rings. The molecule has 1 fully saturated rings. The maximum Gasteiger partial charge on any atom is 0.328 e. The lowest BCUT2D eigenvalue weighted by Gasteiger charge is -2.23. The molecule has 114 valence electrons. The molecule has 0 spiro atoms. The second-order valence-electron chi connectivity index (χ2n) is 5.40. The molecule has 1 unspecified atom stereocenters. The Balaban J connectivity index is 1.80. The molecule has 0 aromatic heterocycles. The maximum absolute atomic E-state index is 12.1. The molecule has 1 aromatic carbocycles. The fourth-order valence-electron chi connectivity index (χ4n) is 2.68. The summed E-state index contributed by atoms with van der Waals surface area (Å²) in [6, 6.07) is 9.56. The predicted molar refractivity (Wildman–Crippen MR) is 80.7 cm³/mol. The zero-order chi connectivity index (χ0) is 15.1. The fraction of sp³-hybridized carbons (Fsp3) is 0.529. The van der Waals surface area contributed by atoms with E-state index in [4.69, 9.17) is 4.74 Å². The van der Waals surface area contributed by atoms with Gasteiger partial charge in [-0.25, -0.2) is 4.79 Å². The van der Waals surface area contributed by atoms with Crippen molar-refractivity contribution in [2.45, 2.75) is 45.1 Å². The molecule has 1 aliphatic heterocycles. The average molecular weight is 289 g/mol. The minimum absolute atomic E-state index is 0.0695. The SMILES string of the molecule is CCCC(=O)N1CCCC1C(=O)OCCc1ccccc1. The zero-order valence-electron chi connectivity index (χ0n) is 12.6. The summed E-state index contributed by atoms with van der Waals surface area (Å²) in [5.74, 6) is -0.187. The van der Waals surface area contributed by atoms with Crippen molar-refractivity contribution in [1.82, 2.24) is 4.90 Å². The van der Waals surface area contributed by atoms with E-state index in [-0.39, 0.29) is 17.9 Å². The summed E-state index contributed by atoms with van der Waals surface area (Å²) < 4.78 is 5.36. The van der Waals surface area contributed by atoms with Crippen LogP contribution in [0.5, 0.6) is 0 Å². The van der Waals surface area contributed by atoms with E-state index in [0.29, 0.717) is 26.0 Å². The number of nitrogens with zero attached hydrogens (tertiary/aromatic N) is 1. The first kappa shape index (κ1) is 15.5. The summed E-state index contributed by atoms with van der Waals surface area (Å²) in [6.45, 7) is 3.02. The smallest absolute Gasteiger partial charge is 0.328 e. The Bertz CT molecular complexity index is 472. The van der Waals surface area contributed by atoms with Crippen molar-refractivity contribution in [3.63, 3.8) is 0 Å². The van der Waals surface area contributed by atoms with Crippen LogP contribution in [0.15, 0.2) is 30.3 Å². The Hall–Kier alpha value is -1.84. The van der Waals surface area contributed by atoms with Crippen LogP contribution in [0.1, 0.15) is 38.2 Å². The van der Waals surface area contributed by atoms with Crippen LogP contribution in [0.3, 0.4) is 0 Å². The van der Waals surface area contributed by atoms with Gasteiger partial charge in [-0.3, -0.25) is 4.79 Å². The van der Waals surface area contributed by atoms with E-state index in [9.17, 15) is 9.59 Å². The second kappa shape index (κ2) is 7.81. The normalized spacial score (nSPS) is 17.8. The number of benzene rings is 1. The van der Waals surface area contributed by atoms with Crippen LogP contribution < -0.4 is 0 Å². The molecule has 0 saturated carbocycles. The molecule has 1 saturated heterocycles. The van der Waals surface area contributed by atoms with E-state index in [2.05, 4.69) is 0 Å². The highest BCUT2D eigenvalue weighted by atomic mass is 16.5. The van der Waals surface area contributed by atoms with Gasteiger partial charge >= 0.3 is 5.97 Å². The molecule has 2 rings (SSSR count). The molecule has 1 atom stereocenters. The minimum atomic E-state index is -0.375. The van der Waals surface area contributed by atoms with Gasteiger partial charge in [0.15, 0.2) is 0 Å². The highest BCUT2D eigenvalue weighted by Gasteiger charge is 2.34. The topological polar surface area (TPSA) is 46.6 Å². The largest absolute Gasteiger partial charge is 0.464 e. The van der Waals surface area contributed by atoms with E-state index in [1.54, 1.807) is 4.90 Å². The Morgan fingerprint density at radius 2 is 2.05 bits per heavy atom. The summed E-state index contributed by atoms with van der Waals surface area (Å²) >= 11 is 0. The van der Waals surface area contributed by atoms with Crippen LogP contribution in [0.2, 0.25) is 0 Å². The van der Waals surface area contributed by atoms with Gasteiger partial charge in [0.25, 0.3) is 0 Å². The number of esters is 1. The number of hydrogen-bond acceptors (Lipinski definition) is 3. The monoisotopic (exact) mass is 289 g/mol. The Morgan fingerprint density at radius 3 is 2.76 bits per heavy atom. The Labute approximate surface area is 126 Å². The lowest BCUT2D eigenvalue weighted by Crippen LogP contribution is -2.41. The molecule has 0 radical (unpaired) electrons. The molecular formula is C17H23NO3. The van der Waals surface area contributed by atoms with Crippen LogP contribution in [-0.4, -0.2) is 36.0 Å². The first-order valence-corrected chi connectivity index (χ1v) is 7.72. The second-order valence-corrected chi connectivity index (χ2v) is 5.40. The summed E-state index contributed by atoms with van der Waals surface area (Å²) in [7, 11) is 0. The van der Waals surface area contributed by atoms with Crippen molar-refractivity contribution in [3.05, 3.63) is 35.9 Å². The quantitative estimate of drug-likeness (QED) is 0.756. The van der Waals surface area contributed by atoms with Gasteiger partial charge in [0.05, 0.1) is 6.61 Å². The van der Waals surface area contributed by atoms with Gasteiger partial charge in [-0.2, -0.15) is 0 Å². The van der Waals surface area contributed by atoms with E-state index in [1.165, 1.54) is 0 Å². The number of amides is 1. The molecule has 1 aromatic rings. The van der Waals surface area contributed by atoms with Gasteiger partial charge < -0.3 is 9.64 Å². The van der Waals surface area contributed by atoms with Crippen LogP contribution in [0, 0.1) is 0 Å². The van der Waals surface area contributed by atoms with Crippen LogP contribution in [-0.2, 0) is 20.7 Å². The molecule has 4 heteroatoms. The van der Waals surface area contributed by atoms with Crippen LogP contribution >= 0.6 is 0 Å². The first-order valence-electron chi connectivity index (χ1n) is 7.72. The standard InChI is InChI=1S/C17H23NO3/c1-2-7-16(19)18-12-6-10-15(18)17(20)21-13-11-14-8-4-3-5-9-14/h3-5,8-9,15H,2,6-7,10-13H2,1H3. The van der Waals surface area contributed by atoms with Crippen molar-refractivity contribution in [3.8, 4) is 0 Å². The molecule has 1 amide bonds. The summed E-state index contributed by atoms with van der Waals surface area (Å²) in [5.41, 5.74) is 1.15. The van der Waals surface area contributed by atoms with Crippen molar-refractivity contribution in [2.75, 3.05) is 13.2 Å². The number of hydrogen-bond donors (Lipinski definition) is 0. The van der Waals surface area contributed by atoms with Gasteiger partial charge in [-0.15, -0.1) is 0 Å². The van der Waals surface area contributed by atoms with Gasteiger partial charge in [0.1, 0.15) is 6.04 Å². The Morgan fingerprint density at radius 1 is 1.29 bits per heavy atom.